The van der Waals surface area contributed by atoms with Crippen LogP contribution in [0.25, 0.3) is 0 Å². The number of nitrogen functional groups attached to an aromatic ring is 1. The second-order valence-electron chi connectivity index (χ2n) is 8.46. The molecule has 0 fully saturated rings. The van der Waals surface area contributed by atoms with Crippen LogP contribution in [0, 0.1) is 6.92 Å². The van der Waals surface area contributed by atoms with E-state index in [0.717, 1.165) is 28.2 Å². The number of anilines is 3. The first-order chi connectivity index (χ1) is 18.3. The van der Waals surface area contributed by atoms with Crippen molar-refractivity contribution < 1.29 is 24.1 Å². The first kappa shape index (κ1) is 28.7. The fourth-order valence-electron chi connectivity index (χ4n) is 3.81. The average Bonchev–Trinajstić information content (AvgIpc) is 2.92. The van der Waals surface area contributed by atoms with Crippen molar-refractivity contribution in [2.45, 2.75) is 20.0 Å². The first-order valence-corrected chi connectivity index (χ1v) is 12.4. The number of halogens is 1. The van der Waals surface area contributed by atoms with Gasteiger partial charge in [-0.15, -0.1) is 0 Å². The Labute approximate surface area is 227 Å². The molecule has 0 atom stereocenters. The van der Waals surface area contributed by atoms with Gasteiger partial charge in [-0.25, -0.2) is 9.78 Å². The number of aromatic nitrogens is 1. The third-order valence-corrected chi connectivity index (χ3v) is 6.20. The van der Waals surface area contributed by atoms with E-state index in [1.165, 1.54) is 0 Å². The molecule has 0 unspecified atom stereocenters. The van der Waals surface area contributed by atoms with Gasteiger partial charge in [0.25, 0.3) is 0 Å². The summed E-state index contributed by atoms with van der Waals surface area (Å²) in [6, 6.07) is 15.7. The molecule has 2 aromatic carbocycles. The molecular weight excluding hydrogens is 510 g/mol. The van der Waals surface area contributed by atoms with E-state index in [4.69, 9.17) is 36.7 Å². The molecule has 0 bridgehead atoms. The summed E-state index contributed by atoms with van der Waals surface area (Å²) in [6.45, 7) is 4.21. The number of carboxylic acid groups (broad SMARTS) is 1. The molecule has 0 radical (unpaired) electrons. The Morgan fingerprint density at radius 2 is 1.50 bits per heavy atom. The van der Waals surface area contributed by atoms with Crippen LogP contribution in [0.3, 0.4) is 0 Å². The highest BCUT2D eigenvalue weighted by Crippen LogP contribution is 2.37. The van der Waals surface area contributed by atoms with Crippen molar-refractivity contribution in [3.63, 3.8) is 0 Å². The van der Waals surface area contributed by atoms with Crippen LogP contribution in [0.4, 0.5) is 22.0 Å². The molecule has 204 valence electrons. The van der Waals surface area contributed by atoms with E-state index in [1.54, 1.807) is 14.2 Å². The maximum atomic E-state index is 10.5. The lowest BCUT2D eigenvalue weighted by Crippen LogP contribution is -2.26. The zero-order valence-corrected chi connectivity index (χ0v) is 22.5. The summed E-state index contributed by atoms with van der Waals surface area (Å²) in [5.41, 5.74) is 10.7. The fraction of sp³-hybridized carbons (Fsp3) is 0.333. The molecule has 3 rings (SSSR count). The zero-order valence-electron chi connectivity index (χ0n) is 21.8. The lowest BCUT2D eigenvalue weighted by molar-refractivity contribution is 0.141. The first-order valence-electron chi connectivity index (χ1n) is 12.1. The zero-order chi connectivity index (χ0) is 27.5. The van der Waals surface area contributed by atoms with Crippen LogP contribution >= 0.6 is 11.6 Å². The second-order valence-corrected chi connectivity index (χ2v) is 8.82. The van der Waals surface area contributed by atoms with Crippen molar-refractivity contribution in [1.29, 1.82) is 0 Å². The maximum Gasteiger partial charge on any atom is 0.404 e. The van der Waals surface area contributed by atoms with E-state index in [1.807, 2.05) is 55.5 Å². The van der Waals surface area contributed by atoms with Gasteiger partial charge in [-0.2, -0.15) is 0 Å². The summed E-state index contributed by atoms with van der Waals surface area (Å²) >= 11 is 6.57. The van der Waals surface area contributed by atoms with Crippen LogP contribution in [0.15, 0.2) is 48.5 Å². The number of rotatable bonds is 14. The van der Waals surface area contributed by atoms with Gasteiger partial charge in [0.1, 0.15) is 16.7 Å². The molecule has 0 saturated heterocycles. The molecule has 0 aliphatic heterocycles. The lowest BCUT2D eigenvalue weighted by Gasteiger charge is -2.28. The number of carbonyl (C=O) groups is 1. The number of ether oxygens (including phenoxy) is 3. The Kier molecular flexibility index (Phi) is 10.7. The predicted molar refractivity (Wildman–Crippen MR) is 150 cm³/mol. The SMILES string of the molecule is COc1ccc(CN(Cc2ccc(OC)cc2)c2nc(Cl)c(C)c(NCCOCCNC(=O)O)c2N)cc1. The van der Waals surface area contributed by atoms with E-state index >= 15 is 0 Å². The Bertz CT molecular complexity index is 1140. The van der Waals surface area contributed by atoms with Crippen molar-refractivity contribution in [1.82, 2.24) is 10.3 Å². The number of hydrogen-bond donors (Lipinski definition) is 4. The molecule has 1 amide bonds. The Morgan fingerprint density at radius 3 is 2.00 bits per heavy atom. The third-order valence-electron chi connectivity index (χ3n) is 5.83. The summed E-state index contributed by atoms with van der Waals surface area (Å²) in [5, 5.41) is 14.5. The minimum Gasteiger partial charge on any atom is -0.497 e. The van der Waals surface area contributed by atoms with Crippen LogP contribution in [0.5, 0.6) is 11.5 Å². The lowest BCUT2D eigenvalue weighted by atomic mass is 10.1. The molecule has 1 aromatic heterocycles. The number of nitrogens with zero attached hydrogens (tertiary/aromatic N) is 2. The number of pyridine rings is 1. The minimum atomic E-state index is -1.08. The molecule has 10 nitrogen and oxygen atoms in total. The number of hydrogen-bond acceptors (Lipinski definition) is 8. The van der Waals surface area contributed by atoms with Crippen LogP contribution in [-0.2, 0) is 17.8 Å². The number of nitrogens with two attached hydrogens (primary N) is 1. The average molecular weight is 544 g/mol. The van der Waals surface area contributed by atoms with Gasteiger partial charge in [0.15, 0.2) is 5.82 Å². The second kappa shape index (κ2) is 14.2. The van der Waals surface area contributed by atoms with Gasteiger partial charge in [0.05, 0.1) is 38.8 Å². The quantitative estimate of drug-likeness (QED) is 0.171. The number of amides is 1. The third kappa shape index (κ3) is 8.06. The number of methoxy groups -OCH3 is 2. The smallest absolute Gasteiger partial charge is 0.404 e. The van der Waals surface area contributed by atoms with E-state index in [-0.39, 0.29) is 13.2 Å². The molecule has 5 N–H and O–H groups in total. The molecule has 38 heavy (non-hydrogen) atoms. The van der Waals surface area contributed by atoms with Crippen molar-refractivity contribution in [3.05, 3.63) is 70.4 Å². The minimum absolute atomic E-state index is 0.216. The van der Waals surface area contributed by atoms with Gasteiger partial charge in [-0.05, 0) is 42.3 Å². The van der Waals surface area contributed by atoms with Gasteiger partial charge >= 0.3 is 6.09 Å². The van der Waals surface area contributed by atoms with E-state index in [0.29, 0.717) is 48.6 Å². The van der Waals surface area contributed by atoms with E-state index in [2.05, 4.69) is 20.5 Å². The summed E-state index contributed by atoms with van der Waals surface area (Å²) in [6.07, 6.45) is -1.08. The molecule has 11 heteroatoms. The highest BCUT2D eigenvalue weighted by Gasteiger charge is 2.20. The van der Waals surface area contributed by atoms with Crippen molar-refractivity contribution >= 4 is 34.9 Å². The largest absolute Gasteiger partial charge is 0.497 e. The summed E-state index contributed by atoms with van der Waals surface area (Å²) in [5.74, 6) is 2.11. The van der Waals surface area contributed by atoms with Crippen molar-refractivity contribution in [3.8, 4) is 11.5 Å². The summed E-state index contributed by atoms with van der Waals surface area (Å²) in [4.78, 5) is 17.3. The Morgan fingerprint density at radius 1 is 0.974 bits per heavy atom. The molecular formula is C27H34ClN5O5. The van der Waals surface area contributed by atoms with Gasteiger partial charge in [0.2, 0.25) is 0 Å². The highest BCUT2D eigenvalue weighted by atomic mass is 35.5. The van der Waals surface area contributed by atoms with E-state index in [9.17, 15) is 4.79 Å². The molecule has 0 aliphatic rings. The number of nitrogens with one attached hydrogen (secondary N) is 2. The van der Waals surface area contributed by atoms with Crippen LogP contribution < -0.4 is 30.7 Å². The van der Waals surface area contributed by atoms with Crippen molar-refractivity contribution in [2.75, 3.05) is 56.5 Å². The highest BCUT2D eigenvalue weighted by molar-refractivity contribution is 6.31. The van der Waals surface area contributed by atoms with Gasteiger partial charge in [0, 0.05) is 31.7 Å². The van der Waals surface area contributed by atoms with Gasteiger partial charge in [-0.3, -0.25) is 0 Å². The van der Waals surface area contributed by atoms with Crippen LogP contribution in [0.1, 0.15) is 16.7 Å². The molecule has 0 aliphatic carbocycles. The Hall–Kier alpha value is -3.89. The van der Waals surface area contributed by atoms with Crippen LogP contribution in [0.2, 0.25) is 5.15 Å². The standard InChI is InChI=1S/C27H34ClN5O5/c1-18-24(30-12-14-38-15-13-31-27(34)35)23(29)26(32-25(18)28)33(16-19-4-8-21(36-2)9-5-19)17-20-6-10-22(37-3)11-7-20/h4-11,31H,12-17,29H2,1-3H3,(H,30,32)(H,34,35). The summed E-state index contributed by atoms with van der Waals surface area (Å²) < 4.78 is 16.1. The maximum absolute atomic E-state index is 10.5. The molecule has 0 saturated carbocycles. The van der Waals surface area contributed by atoms with Gasteiger partial charge < -0.3 is 40.6 Å². The summed E-state index contributed by atoms with van der Waals surface area (Å²) in [7, 11) is 3.27. The van der Waals surface area contributed by atoms with Crippen molar-refractivity contribution in [2.24, 2.45) is 0 Å². The van der Waals surface area contributed by atoms with Crippen LogP contribution in [-0.4, -0.2) is 56.7 Å². The fourth-order valence-corrected chi connectivity index (χ4v) is 3.99. The van der Waals surface area contributed by atoms with Gasteiger partial charge in [-0.1, -0.05) is 35.9 Å². The van der Waals surface area contributed by atoms with E-state index < -0.39 is 6.09 Å². The number of benzene rings is 2. The molecule has 1 heterocycles. The monoisotopic (exact) mass is 543 g/mol. The molecule has 0 spiro atoms. The normalized spacial score (nSPS) is 10.6. The topological polar surface area (TPSA) is 131 Å². The molecule has 3 aromatic rings. The Balaban J connectivity index is 1.83. The predicted octanol–water partition coefficient (Wildman–Crippen LogP) is 4.55.